The minimum Gasteiger partial charge on any atom is -0.325 e. The monoisotopic (exact) mass is 316 g/mol. The molecular weight excluding hydrogens is 306 g/mol. The summed E-state index contributed by atoms with van der Waals surface area (Å²) in [6.07, 6.45) is 1.36. The summed E-state index contributed by atoms with van der Waals surface area (Å²) in [4.78, 5) is 16.0. The summed E-state index contributed by atoms with van der Waals surface area (Å²) < 4.78 is 24.3. The second kappa shape index (κ2) is 7.25. The van der Waals surface area contributed by atoms with Gasteiger partial charge in [0.1, 0.15) is 6.33 Å². The summed E-state index contributed by atoms with van der Waals surface area (Å²) in [5.41, 5.74) is 0.562. The van der Waals surface area contributed by atoms with E-state index < -0.39 is 5.76 Å². The number of rotatable bonds is 6. The number of hydrogen-bond acceptors (Lipinski definition) is 5. The third kappa shape index (κ3) is 4.82. The van der Waals surface area contributed by atoms with Crippen LogP contribution in [0.15, 0.2) is 40.6 Å². The highest BCUT2D eigenvalue weighted by molar-refractivity contribution is 8.00. The number of carbonyl (C=O) groups excluding carboxylic acids is 1. The van der Waals surface area contributed by atoms with E-state index in [1.165, 1.54) is 30.2 Å². The molecule has 2 rings (SSSR count). The molecule has 0 saturated heterocycles. The summed E-state index contributed by atoms with van der Waals surface area (Å²) in [5.74, 6) is -2.47. The van der Waals surface area contributed by atoms with Crippen LogP contribution in [0, 0.1) is 0 Å². The Morgan fingerprint density at radius 2 is 2.10 bits per heavy atom. The molecule has 0 aliphatic carbocycles. The van der Waals surface area contributed by atoms with E-state index in [1.807, 2.05) is 0 Å². The summed E-state index contributed by atoms with van der Waals surface area (Å²) >= 11 is 1.69. The Hall–Kier alpha value is -1.61. The van der Waals surface area contributed by atoms with Gasteiger partial charge in [0, 0.05) is 10.6 Å². The molecule has 0 saturated carbocycles. The molecule has 0 radical (unpaired) electrons. The van der Waals surface area contributed by atoms with Crippen LogP contribution in [0.5, 0.6) is 0 Å². The van der Waals surface area contributed by atoms with Crippen molar-refractivity contribution < 1.29 is 13.6 Å². The lowest BCUT2D eigenvalue weighted by Gasteiger charge is -2.05. The van der Waals surface area contributed by atoms with E-state index in [0.717, 1.165) is 0 Å². The van der Waals surface area contributed by atoms with Gasteiger partial charge in [0.25, 0.3) is 5.76 Å². The number of amides is 1. The van der Waals surface area contributed by atoms with Crippen molar-refractivity contribution in [2.24, 2.45) is 0 Å². The molecule has 0 atom stereocenters. The van der Waals surface area contributed by atoms with E-state index in [2.05, 4.69) is 20.5 Å². The lowest BCUT2D eigenvalue weighted by atomic mass is 10.3. The molecule has 0 aliphatic heterocycles. The first kappa shape index (κ1) is 14.8. The predicted octanol–water partition coefficient (Wildman–Crippen LogP) is 2.85. The van der Waals surface area contributed by atoms with Crippen LogP contribution in [0.2, 0.25) is 0 Å². The minimum absolute atomic E-state index is 0.183. The standard InChI is InChI=1S/C11H10F2N4OS2/c12-10(13)20-8-3-1-7(2-4-8)16-9(18)5-19-11-14-6-15-17-11/h1-4,6,10H,5H2,(H,16,18)(H,14,15,17). The zero-order valence-electron chi connectivity index (χ0n) is 10.0. The van der Waals surface area contributed by atoms with E-state index in [9.17, 15) is 13.6 Å². The average molecular weight is 316 g/mol. The molecule has 1 amide bonds. The van der Waals surface area contributed by atoms with Crippen molar-refractivity contribution in [1.82, 2.24) is 15.2 Å². The Bertz CT molecular complexity index is 548. The number of benzene rings is 1. The van der Waals surface area contributed by atoms with Crippen LogP contribution in [0.1, 0.15) is 0 Å². The minimum atomic E-state index is -2.45. The molecular formula is C11H10F2N4OS2. The maximum Gasteiger partial charge on any atom is 0.288 e. The van der Waals surface area contributed by atoms with Crippen LogP contribution in [-0.2, 0) is 4.79 Å². The van der Waals surface area contributed by atoms with Gasteiger partial charge in [0.2, 0.25) is 5.91 Å². The molecule has 5 nitrogen and oxygen atoms in total. The van der Waals surface area contributed by atoms with Crippen molar-refractivity contribution in [3.63, 3.8) is 0 Å². The molecule has 9 heteroatoms. The highest BCUT2D eigenvalue weighted by Gasteiger charge is 2.07. The molecule has 1 heterocycles. The SMILES string of the molecule is O=C(CSc1ncn[nH]1)Nc1ccc(SC(F)F)cc1. The van der Waals surface area contributed by atoms with Crippen LogP contribution >= 0.6 is 23.5 Å². The summed E-state index contributed by atoms with van der Waals surface area (Å²) in [6.45, 7) is 0. The number of aromatic amines is 1. The van der Waals surface area contributed by atoms with Crippen molar-refractivity contribution >= 4 is 35.1 Å². The smallest absolute Gasteiger partial charge is 0.288 e. The highest BCUT2D eigenvalue weighted by atomic mass is 32.2. The largest absolute Gasteiger partial charge is 0.325 e. The second-order valence-corrected chi connectivity index (χ2v) is 5.56. The van der Waals surface area contributed by atoms with Gasteiger partial charge in [0.15, 0.2) is 5.16 Å². The van der Waals surface area contributed by atoms with Gasteiger partial charge in [0.05, 0.1) is 5.75 Å². The van der Waals surface area contributed by atoms with Crippen LogP contribution in [0.25, 0.3) is 0 Å². The fourth-order valence-corrected chi connectivity index (χ4v) is 2.39. The summed E-state index contributed by atoms with van der Waals surface area (Å²) in [6, 6.07) is 6.25. The molecule has 20 heavy (non-hydrogen) atoms. The van der Waals surface area contributed by atoms with Gasteiger partial charge < -0.3 is 5.32 Å². The fourth-order valence-electron chi connectivity index (χ4n) is 1.31. The third-order valence-corrected chi connectivity index (χ3v) is 3.70. The van der Waals surface area contributed by atoms with Gasteiger partial charge in [-0.05, 0) is 24.3 Å². The molecule has 0 fully saturated rings. The molecule has 0 aliphatic rings. The number of anilines is 1. The molecule has 106 valence electrons. The second-order valence-electron chi connectivity index (χ2n) is 3.53. The van der Waals surface area contributed by atoms with Crippen molar-refractivity contribution in [3.8, 4) is 0 Å². The number of aromatic nitrogens is 3. The van der Waals surface area contributed by atoms with Gasteiger partial charge in [-0.25, -0.2) is 4.98 Å². The van der Waals surface area contributed by atoms with Gasteiger partial charge in [-0.3, -0.25) is 9.89 Å². The summed E-state index contributed by atoms with van der Waals surface area (Å²) in [5, 5.41) is 9.52. The first-order valence-electron chi connectivity index (χ1n) is 5.46. The number of halogens is 2. The number of hydrogen-bond donors (Lipinski definition) is 2. The van der Waals surface area contributed by atoms with Gasteiger partial charge in [-0.2, -0.15) is 13.9 Å². The molecule has 1 aromatic carbocycles. The predicted molar refractivity (Wildman–Crippen MR) is 74.0 cm³/mol. The highest BCUT2D eigenvalue weighted by Crippen LogP contribution is 2.26. The topological polar surface area (TPSA) is 70.7 Å². The normalized spacial score (nSPS) is 10.8. The van der Waals surface area contributed by atoms with Gasteiger partial charge in [-0.1, -0.05) is 23.5 Å². The molecule has 0 unspecified atom stereocenters. The Morgan fingerprint density at radius 3 is 2.70 bits per heavy atom. The Labute approximate surface area is 121 Å². The average Bonchev–Trinajstić information content (AvgIpc) is 2.91. The van der Waals surface area contributed by atoms with Gasteiger partial charge >= 0.3 is 0 Å². The Balaban J connectivity index is 1.81. The molecule has 2 N–H and O–H groups in total. The van der Waals surface area contributed by atoms with E-state index >= 15 is 0 Å². The quantitative estimate of drug-likeness (QED) is 0.802. The lowest BCUT2D eigenvalue weighted by Crippen LogP contribution is -2.14. The van der Waals surface area contributed by atoms with Gasteiger partial charge in [-0.15, -0.1) is 0 Å². The molecule has 1 aromatic heterocycles. The number of carbonyl (C=O) groups is 1. The van der Waals surface area contributed by atoms with Crippen LogP contribution in [-0.4, -0.2) is 32.6 Å². The number of H-pyrrole nitrogens is 1. The number of nitrogens with zero attached hydrogens (tertiary/aromatic N) is 2. The summed E-state index contributed by atoms with van der Waals surface area (Å²) in [7, 11) is 0. The first-order chi connectivity index (χ1) is 9.63. The van der Waals surface area contributed by atoms with Crippen LogP contribution in [0.3, 0.4) is 0 Å². The maximum absolute atomic E-state index is 12.1. The third-order valence-electron chi connectivity index (χ3n) is 2.10. The zero-order valence-corrected chi connectivity index (χ0v) is 11.7. The Morgan fingerprint density at radius 1 is 1.35 bits per heavy atom. The van der Waals surface area contributed by atoms with Crippen molar-refractivity contribution in [3.05, 3.63) is 30.6 Å². The van der Waals surface area contributed by atoms with Crippen molar-refractivity contribution in [2.45, 2.75) is 15.8 Å². The first-order valence-corrected chi connectivity index (χ1v) is 7.33. The molecule has 0 spiro atoms. The molecule has 2 aromatic rings. The fraction of sp³-hybridized carbons (Fsp3) is 0.182. The van der Waals surface area contributed by atoms with Crippen molar-refractivity contribution in [1.29, 1.82) is 0 Å². The zero-order chi connectivity index (χ0) is 14.4. The number of nitrogens with one attached hydrogen (secondary N) is 2. The van der Waals surface area contributed by atoms with E-state index in [4.69, 9.17) is 0 Å². The number of alkyl halides is 2. The molecule has 0 bridgehead atoms. The van der Waals surface area contributed by atoms with E-state index in [0.29, 0.717) is 27.5 Å². The van der Waals surface area contributed by atoms with Crippen molar-refractivity contribution in [2.75, 3.05) is 11.1 Å². The lowest BCUT2D eigenvalue weighted by molar-refractivity contribution is -0.113. The van der Waals surface area contributed by atoms with Crippen LogP contribution in [0.4, 0.5) is 14.5 Å². The number of thioether (sulfide) groups is 2. The van der Waals surface area contributed by atoms with E-state index in [1.54, 1.807) is 12.1 Å². The maximum atomic E-state index is 12.1. The van der Waals surface area contributed by atoms with E-state index in [-0.39, 0.29) is 11.7 Å². The Kier molecular flexibility index (Phi) is 5.36. The van der Waals surface area contributed by atoms with Crippen LogP contribution < -0.4 is 5.32 Å².